The van der Waals surface area contributed by atoms with Gasteiger partial charge in [0.05, 0.1) is 0 Å². The third-order valence-electron chi connectivity index (χ3n) is 4.05. The van der Waals surface area contributed by atoms with E-state index in [0.717, 1.165) is 11.8 Å². The van der Waals surface area contributed by atoms with Crippen LogP contribution in [0.15, 0.2) is 12.2 Å². The molecule has 0 atom stereocenters. The molecule has 2 rings (SSSR count). The zero-order valence-electron chi connectivity index (χ0n) is 9.38. The second-order valence-electron chi connectivity index (χ2n) is 5.24. The summed E-state index contributed by atoms with van der Waals surface area (Å²) in [6, 6.07) is 0. The van der Waals surface area contributed by atoms with Crippen molar-refractivity contribution in [1.82, 2.24) is 0 Å². The van der Waals surface area contributed by atoms with Crippen LogP contribution in [0.5, 0.6) is 0 Å². The normalized spacial score (nSPS) is 25.4. The van der Waals surface area contributed by atoms with Crippen molar-refractivity contribution in [2.75, 3.05) is 0 Å². The molecule has 0 spiro atoms. The topological polar surface area (TPSA) is 0 Å². The predicted octanol–water partition coefficient (Wildman–Crippen LogP) is 4.70. The van der Waals surface area contributed by atoms with E-state index in [-0.39, 0.29) is 0 Å². The molecule has 0 nitrogen and oxygen atoms in total. The van der Waals surface area contributed by atoms with Gasteiger partial charge in [-0.1, -0.05) is 63.5 Å². The molecule has 2 saturated carbocycles. The first-order chi connectivity index (χ1) is 6.95. The van der Waals surface area contributed by atoms with Gasteiger partial charge in [-0.05, 0) is 24.7 Å². The van der Waals surface area contributed by atoms with Gasteiger partial charge in [-0.25, -0.2) is 0 Å². The lowest BCUT2D eigenvalue weighted by molar-refractivity contribution is 0.543. The van der Waals surface area contributed by atoms with E-state index in [1.54, 1.807) is 0 Å². The molecule has 0 aromatic heterocycles. The summed E-state index contributed by atoms with van der Waals surface area (Å²) in [4.78, 5) is 0. The number of rotatable bonds is 4. The molecule has 0 aromatic carbocycles. The monoisotopic (exact) mass is 192 g/mol. The second-order valence-corrected chi connectivity index (χ2v) is 5.24. The first-order valence-electron chi connectivity index (χ1n) is 6.60. The Morgan fingerprint density at radius 1 is 0.643 bits per heavy atom. The Hall–Kier alpha value is -0.260. The third kappa shape index (κ3) is 3.15. The van der Waals surface area contributed by atoms with Crippen molar-refractivity contribution in [3.05, 3.63) is 12.2 Å². The van der Waals surface area contributed by atoms with Crippen LogP contribution in [-0.2, 0) is 0 Å². The van der Waals surface area contributed by atoms with Gasteiger partial charge in [-0.2, -0.15) is 0 Å². The van der Waals surface area contributed by atoms with Gasteiger partial charge in [0.2, 0.25) is 0 Å². The Balaban J connectivity index is 1.57. The van der Waals surface area contributed by atoms with E-state index < -0.39 is 0 Å². The van der Waals surface area contributed by atoms with Gasteiger partial charge in [-0.3, -0.25) is 0 Å². The smallest absolute Gasteiger partial charge is 0.0322 e. The van der Waals surface area contributed by atoms with E-state index in [0.29, 0.717) is 0 Å². The minimum absolute atomic E-state index is 1.04. The van der Waals surface area contributed by atoms with Gasteiger partial charge in [0.15, 0.2) is 0 Å². The van der Waals surface area contributed by atoms with E-state index in [2.05, 4.69) is 12.2 Å². The molecule has 2 fully saturated rings. The van der Waals surface area contributed by atoms with Crippen molar-refractivity contribution in [3.63, 3.8) is 0 Å². The zero-order valence-corrected chi connectivity index (χ0v) is 9.38. The predicted molar refractivity (Wildman–Crippen MR) is 62.3 cm³/mol. The van der Waals surface area contributed by atoms with Crippen molar-refractivity contribution in [3.8, 4) is 0 Å². The van der Waals surface area contributed by atoms with Gasteiger partial charge < -0.3 is 0 Å². The fourth-order valence-corrected chi connectivity index (χ4v) is 3.07. The molecule has 14 heavy (non-hydrogen) atoms. The highest BCUT2D eigenvalue weighted by Crippen LogP contribution is 2.29. The average molecular weight is 192 g/mol. The van der Waals surface area contributed by atoms with Gasteiger partial charge in [0, 0.05) is 0 Å². The molecule has 0 aliphatic heterocycles. The maximum absolute atomic E-state index is 2.47. The fourth-order valence-electron chi connectivity index (χ4n) is 3.07. The first kappa shape index (κ1) is 10.3. The highest BCUT2D eigenvalue weighted by Gasteiger charge is 2.14. The molecule has 2 aliphatic rings. The maximum atomic E-state index is 2.47. The largest absolute Gasteiger partial charge is 0.0883 e. The Labute approximate surface area is 88.8 Å². The van der Waals surface area contributed by atoms with E-state index in [4.69, 9.17) is 0 Å². The van der Waals surface area contributed by atoms with Crippen molar-refractivity contribution in [2.45, 2.75) is 64.2 Å². The van der Waals surface area contributed by atoms with Crippen LogP contribution in [0.2, 0.25) is 0 Å². The van der Waals surface area contributed by atoms with Crippen LogP contribution in [0.3, 0.4) is 0 Å². The van der Waals surface area contributed by atoms with Crippen LogP contribution >= 0.6 is 0 Å². The zero-order chi connectivity index (χ0) is 9.64. The molecule has 0 N–H and O–H groups in total. The second kappa shape index (κ2) is 5.58. The average Bonchev–Trinajstić information content (AvgIpc) is 2.86. The standard InChI is InChI=1S/C14H24/c1-2-8-13(7-1)11-5-6-12-14-9-3-4-10-14/h5-6,13-14H,1-4,7-12H2/b6-5+. The lowest BCUT2D eigenvalue weighted by atomic mass is 10.0. The summed E-state index contributed by atoms with van der Waals surface area (Å²) in [7, 11) is 0. The molecule has 0 radical (unpaired) electrons. The summed E-state index contributed by atoms with van der Waals surface area (Å²) in [5.41, 5.74) is 0. The number of allylic oxidation sites excluding steroid dienone is 2. The summed E-state index contributed by atoms with van der Waals surface area (Å²) >= 11 is 0. The Kier molecular flexibility index (Phi) is 4.09. The molecule has 0 unspecified atom stereocenters. The van der Waals surface area contributed by atoms with Gasteiger partial charge in [-0.15, -0.1) is 0 Å². The van der Waals surface area contributed by atoms with Crippen LogP contribution in [0.25, 0.3) is 0 Å². The van der Waals surface area contributed by atoms with Crippen LogP contribution in [-0.4, -0.2) is 0 Å². The Morgan fingerprint density at radius 2 is 1.00 bits per heavy atom. The highest BCUT2D eigenvalue weighted by molar-refractivity contribution is 4.88. The van der Waals surface area contributed by atoms with Crippen LogP contribution in [0, 0.1) is 11.8 Å². The number of hydrogen-bond acceptors (Lipinski definition) is 0. The molecule has 0 aromatic rings. The van der Waals surface area contributed by atoms with Gasteiger partial charge >= 0.3 is 0 Å². The van der Waals surface area contributed by atoms with Crippen molar-refractivity contribution < 1.29 is 0 Å². The molecule has 0 amide bonds. The number of hydrogen-bond donors (Lipinski definition) is 0. The quantitative estimate of drug-likeness (QED) is 0.566. The lowest BCUT2D eigenvalue weighted by Gasteiger charge is -2.05. The minimum Gasteiger partial charge on any atom is -0.0883 e. The Bertz CT molecular complexity index is 148. The summed E-state index contributed by atoms with van der Waals surface area (Å²) in [6.07, 6.45) is 19.6. The van der Waals surface area contributed by atoms with Crippen molar-refractivity contribution >= 4 is 0 Å². The van der Waals surface area contributed by atoms with E-state index in [9.17, 15) is 0 Å². The third-order valence-corrected chi connectivity index (χ3v) is 4.05. The summed E-state index contributed by atoms with van der Waals surface area (Å²) in [6.45, 7) is 0. The maximum Gasteiger partial charge on any atom is -0.0322 e. The van der Waals surface area contributed by atoms with Gasteiger partial charge in [0.1, 0.15) is 0 Å². The van der Waals surface area contributed by atoms with Crippen molar-refractivity contribution in [2.24, 2.45) is 11.8 Å². The molecule has 80 valence electrons. The molecule has 2 aliphatic carbocycles. The molecular weight excluding hydrogens is 168 g/mol. The molecule has 0 saturated heterocycles. The molecule has 0 heteroatoms. The van der Waals surface area contributed by atoms with Gasteiger partial charge in [0.25, 0.3) is 0 Å². The fraction of sp³-hybridized carbons (Fsp3) is 0.857. The van der Waals surface area contributed by atoms with Crippen molar-refractivity contribution in [1.29, 1.82) is 0 Å². The lowest BCUT2D eigenvalue weighted by Crippen LogP contribution is -1.91. The SMILES string of the molecule is C(=C\CC1CCCC1)/CC1CCCC1. The summed E-state index contributed by atoms with van der Waals surface area (Å²) < 4.78 is 0. The highest BCUT2D eigenvalue weighted by atomic mass is 14.2. The summed E-state index contributed by atoms with van der Waals surface area (Å²) in [5, 5.41) is 0. The van der Waals surface area contributed by atoms with Crippen LogP contribution in [0.1, 0.15) is 64.2 Å². The van der Waals surface area contributed by atoms with Crippen LogP contribution in [0.4, 0.5) is 0 Å². The first-order valence-corrected chi connectivity index (χ1v) is 6.60. The Morgan fingerprint density at radius 3 is 1.36 bits per heavy atom. The van der Waals surface area contributed by atoms with E-state index >= 15 is 0 Å². The summed E-state index contributed by atoms with van der Waals surface area (Å²) in [5.74, 6) is 2.07. The van der Waals surface area contributed by atoms with E-state index in [1.807, 2.05) is 0 Å². The minimum atomic E-state index is 1.04. The van der Waals surface area contributed by atoms with E-state index in [1.165, 1.54) is 64.2 Å². The molecule has 0 bridgehead atoms. The molecular formula is C14H24. The van der Waals surface area contributed by atoms with Crippen LogP contribution < -0.4 is 0 Å². The molecule has 0 heterocycles.